The molecule has 6 atom stereocenters. The Bertz CT molecular complexity index is 1270. The van der Waals surface area contributed by atoms with Gasteiger partial charge in [-0.25, -0.2) is 13.2 Å². The van der Waals surface area contributed by atoms with Crippen LogP contribution >= 0.6 is 0 Å². The van der Waals surface area contributed by atoms with Crippen molar-refractivity contribution >= 4 is 33.6 Å². The second kappa shape index (κ2) is 15.4. The first-order valence-electron chi connectivity index (χ1n) is 17.0. The van der Waals surface area contributed by atoms with Gasteiger partial charge in [0, 0.05) is 38.2 Å². The minimum atomic E-state index is -3.37. The fourth-order valence-corrected chi connectivity index (χ4v) is 8.94. The molecule has 0 radical (unpaired) electrons. The number of sulfone groups is 1. The van der Waals surface area contributed by atoms with Crippen molar-refractivity contribution in [3.8, 4) is 12.3 Å². The van der Waals surface area contributed by atoms with Gasteiger partial charge < -0.3 is 26.2 Å². The maximum atomic E-state index is 14.4. The summed E-state index contributed by atoms with van der Waals surface area (Å²) >= 11 is 0. The van der Waals surface area contributed by atoms with Crippen molar-refractivity contribution in [1.29, 1.82) is 0 Å². The first-order valence-corrected chi connectivity index (χ1v) is 19.1. The van der Waals surface area contributed by atoms with E-state index >= 15 is 0 Å². The van der Waals surface area contributed by atoms with Crippen molar-refractivity contribution in [3.63, 3.8) is 0 Å². The number of nitrogens with one attached hydrogen (secondary N) is 4. The van der Waals surface area contributed by atoms with E-state index < -0.39 is 39.5 Å². The molecule has 0 aromatic heterocycles. The number of fused-ring (bicyclic) bond motifs is 1. The SMILES string of the molecule is C#CCCC(CC(=O)NCCC)NC(=O)C1C2C(CN1C(=O)[C@@H](NC(=O)NC1(CS(C)(=O)=O)CCCCC1)C(C)C(C)C)C2(C)C. The van der Waals surface area contributed by atoms with Crippen LogP contribution in [-0.2, 0) is 24.2 Å². The Balaban J connectivity index is 1.83. The van der Waals surface area contributed by atoms with Crippen LogP contribution in [0.1, 0.15) is 99.3 Å². The van der Waals surface area contributed by atoms with Crippen LogP contribution in [0.25, 0.3) is 0 Å². The van der Waals surface area contributed by atoms with Gasteiger partial charge in [0.25, 0.3) is 0 Å². The lowest BCUT2D eigenvalue weighted by Crippen LogP contribution is -2.62. The van der Waals surface area contributed by atoms with Gasteiger partial charge in [0.2, 0.25) is 17.7 Å². The van der Waals surface area contributed by atoms with Crippen LogP contribution in [0.3, 0.4) is 0 Å². The van der Waals surface area contributed by atoms with Crippen molar-refractivity contribution in [2.75, 3.05) is 25.1 Å². The Labute approximate surface area is 276 Å². The highest BCUT2D eigenvalue weighted by atomic mass is 32.2. The number of piperidine rings is 1. The molecule has 0 aromatic carbocycles. The molecule has 4 N–H and O–H groups in total. The smallest absolute Gasteiger partial charge is 0.315 e. The number of nitrogens with zero attached hydrogens (tertiary/aromatic N) is 1. The normalized spacial score (nSPS) is 24.9. The monoisotopic (exact) mass is 663 g/mol. The van der Waals surface area contributed by atoms with Gasteiger partial charge in [-0.1, -0.05) is 60.8 Å². The third-order valence-electron chi connectivity index (χ3n) is 10.6. The largest absolute Gasteiger partial charge is 0.356 e. The molecule has 1 heterocycles. The number of likely N-dealkylation sites (tertiary alicyclic amines) is 1. The van der Waals surface area contributed by atoms with Crippen LogP contribution in [0.15, 0.2) is 0 Å². The van der Waals surface area contributed by atoms with Crippen LogP contribution in [-0.4, -0.2) is 85.8 Å². The predicted molar refractivity (Wildman–Crippen MR) is 179 cm³/mol. The van der Waals surface area contributed by atoms with E-state index in [1.54, 1.807) is 4.90 Å². The van der Waals surface area contributed by atoms with Crippen molar-refractivity contribution in [2.45, 2.75) is 123 Å². The number of rotatable bonds is 15. The maximum absolute atomic E-state index is 14.4. The maximum Gasteiger partial charge on any atom is 0.315 e. The highest BCUT2D eigenvalue weighted by molar-refractivity contribution is 7.90. The summed E-state index contributed by atoms with van der Waals surface area (Å²) in [6.07, 6.45) is 12.1. The lowest BCUT2D eigenvalue weighted by atomic mass is 9.83. The van der Waals surface area contributed by atoms with Gasteiger partial charge >= 0.3 is 6.03 Å². The third kappa shape index (κ3) is 9.39. The predicted octanol–water partition coefficient (Wildman–Crippen LogP) is 2.99. The molecular formula is C34H57N5O6S. The Kier molecular flexibility index (Phi) is 12.6. The zero-order chi connectivity index (χ0) is 34.4. The summed E-state index contributed by atoms with van der Waals surface area (Å²) in [6, 6.07) is -2.73. The van der Waals surface area contributed by atoms with Crippen LogP contribution in [0.5, 0.6) is 0 Å². The molecule has 2 aliphatic carbocycles. The van der Waals surface area contributed by atoms with Crippen LogP contribution in [0.2, 0.25) is 0 Å². The molecule has 3 aliphatic rings. The van der Waals surface area contributed by atoms with Crippen molar-refractivity contribution in [2.24, 2.45) is 29.1 Å². The highest BCUT2D eigenvalue weighted by Crippen LogP contribution is 2.65. The summed E-state index contributed by atoms with van der Waals surface area (Å²) < 4.78 is 24.6. The number of terminal acetylenes is 1. The zero-order valence-electron chi connectivity index (χ0n) is 28.9. The standard InChI is InChI=1S/C34H57N5O6S/c1-9-11-15-24(19-26(40)35-18-10-2)36-30(41)29-27-25(33(27,6)7)20-39(29)31(42)28(23(5)22(3)4)37-32(43)38-34(21-46(8,44)45)16-13-12-14-17-34/h1,22-25,27-29H,10-21H2,2-8H3,(H,35,40)(H,36,41)(H2,37,38,43)/t23?,24?,25?,27?,28-,29?/m0/s1. The molecular weight excluding hydrogens is 606 g/mol. The lowest BCUT2D eigenvalue weighted by Gasteiger charge is -2.39. The number of urea groups is 1. The Morgan fingerprint density at radius 3 is 2.26 bits per heavy atom. The van der Waals surface area contributed by atoms with E-state index in [1.165, 1.54) is 6.26 Å². The molecule has 260 valence electrons. The second-order valence-electron chi connectivity index (χ2n) is 15.0. The van der Waals surface area contributed by atoms with E-state index in [-0.39, 0.29) is 59.0 Å². The van der Waals surface area contributed by atoms with E-state index in [0.717, 1.165) is 25.7 Å². The Morgan fingerprint density at radius 2 is 1.70 bits per heavy atom. The molecule has 2 saturated carbocycles. The van der Waals surface area contributed by atoms with Crippen LogP contribution < -0.4 is 21.3 Å². The first-order chi connectivity index (χ1) is 21.5. The van der Waals surface area contributed by atoms with Gasteiger partial charge in [0.05, 0.1) is 11.3 Å². The van der Waals surface area contributed by atoms with Crippen molar-refractivity contribution < 1.29 is 27.6 Å². The van der Waals surface area contributed by atoms with E-state index in [2.05, 4.69) is 41.0 Å². The molecule has 11 nitrogen and oxygen atoms in total. The summed E-state index contributed by atoms with van der Waals surface area (Å²) in [4.78, 5) is 56.1. The van der Waals surface area contributed by atoms with Crippen LogP contribution in [0, 0.1) is 41.4 Å². The van der Waals surface area contributed by atoms with Gasteiger partial charge in [-0.05, 0) is 54.8 Å². The van der Waals surface area contributed by atoms with E-state index in [1.807, 2.05) is 27.7 Å². The molecule has 0 bridgehead atoms. The van der Waals surface area contributed by atoms with Crippen LogP contribution in [0.4, 0.5) is 4.79 Å². The average Bonchev–Trinajstić information content (AvgIpc) is 3.27. The van der Waals surface area contributed by atoms with Gasteiger partial charge in [0.1, 0.15) is 21.9 Å². The molecule has 12 heteroatoms. The molecule has 1 saturated heterocycles. The summed E-state index contributed by atoms with van der Waals surface area (Å²) in [5.41, 5.74) is -1.02. The van der Waals surface area contributed by atoms with E-state index in [9.17, 15) is 27.6 Å². The first kappa shape index (κ1) is 37.6. The number of amides is 5. The Hall–Kier alpha value is -2.81. The van der Waals surface area contributed by atoms with E-state index in [0.29, 0.717) is 38.8 Å². The van der Waals surface area contributed by atoms with Gasteiger partial charge in [-0.15, -0.1) is 12.3 Å². The molecule has 3 fully saturated rings. The fraction of sp³-hybridized carbons (Fsp3) is 0.824. The van der Waals surface area contributed by atoms with Gasteiger partial charge in [-0.2, -0.15) is 0 Å². The van der Waals surface area contributed by atoms with Gasteiger partial charge in [-0.3, -0.25) is 14.4 Å². The molecule has 3 rings (SSSR count). The number of carbonyl (C=O) groups is 4. The zero-order valence-corrected chi connectivity index (χ0v) is 29.7. The third-order valence-corrected chi connectivity index (χ3v) is 11.7. The minimum absolute atomic E-state index is 0.0320. The quantitative estimate of drug-likeness (QED) is 0.198. The molecule has 5 unspecified atom stereocenters. The fourth-order valence-electron chi connectivity index (χ4n) is 7.58. The summed E-state index contributed by atoms with van der Waals surface area (Å²) in [7, 11) is -3.37. The number of carbonyl (C=O) groups excluding carboxylic acids is 4. The molecule has 5 amide bonds. The molecule has 1 aliphatic heterocycles. The molecule has 0 aromatic rings. The Morgan fingerprint density at radius 1 is 1.04 bits per heavy atom. The highest BCUT2D eigenvalue weighted by Gasteiger charge is 2.69. The van der Waals surface area contributed by atoms with Gasteiger partial charge in [0.15, 0.2) is 0 Å². The van der Waals surface area contributed by atoms with Crippen molar-refractivity contribution in [3.05, 3.63) is 0 Å². The molecule has 0 spiro atoms. The summed E-state index contributed by atoms with van der Waals surface area (Å²) in [5.74, 6) is 1.46. The second-order valence-corrected chi connectivity index (χ2v) is 17.1. The topological polar surface area (TPSA) is 154 Å². The summed E-state index contributed by atoms with van der Waals surface area (Å²) in [6.45, 7) is 13.0. The molecule has 46 heavy (non-hydrogen) atoms. The number of hydrogen-bond donors (Lipinski definition) is 4. The number of hydrogen-bond acceptors (Lipinski definition) is 6. The van der Waals surface area contributed by atoms with E-state index in [4.69, 9.17) is 6.42 Å². The average molecular weight is 664 g/mol. The minimum Gasteiger partial charge on any atom is -0.356 e. The lowest BCUT2D eigenvalue weighted by molar-refractivity contribution is -0.143. The summed E-state index contributed by atoms with van der Waals surface area (Å²) in [5, 5.41) is 11.8. The van der Waals surface area contributed by atoms with Crippen molar-refractivity contribution in [1.82, 2.24) is 26.2 Å².